The molecule has 150 valence electrons. The van der Waals surface area contributed by atoms with Gasteiger partial charge in [0.25, 0.3) is 11.4 Å². The molecular weight excluding hydrogens is 390 g/mol. The number of nitrogens with one attached hydrogen (secondary N) is 1. The number of nitro benzene ring substituents is 2. The van der Waals surface area contributed by atoms with Crippen LogP contribution in [0.2, 0.25) is 0 Å². The zero-order valence-electron chi connectivity index (χ0n) is 15.4. The van der Waals surface area contributed by atoms with Crippen molar-refractivity contribution in [3.63, 3.8) is 0 Å². The van der Waals surface area contributed by atoms with Crippen molar-refractivity contribution in [2.24, 2.45) is 0 Å². The number of carbonyl (C=O) groups excluding carboxylic acids is 1. The topological polar surface area (TPSA) is 125 Å². The predicted molar refractivity (Wildman–Crippen MR) is 110 cm³/mol. The lowest BCUT2D eigenvalue weighted by Gasteiger charge is -2.08. The molecule has 0 aliphatic carbocycles. The summed E-state index contributed by atoms with van der Waals surface area (Å²) in [7, 11) is 0. The highest BCUT2D eigenvalue weighted by atomic mass is 16.6. The van der Waals surface area contributed by atoms with Gasteiger partial charge in [0.05, 0.1) is 15.9 Å². The van der Waals surface area contributed by atoms with Gasteiger partial charge >= 0.3 is 0 Å². The summed E-state index contributed by atoms with van der Waals surface area (Å²) < 4.78 is 5.52. The first-order chi connectivity index (χ1) is 14.4. The first kappa shape index (κ1) is 20.2. The zero-order valence-corrected chi connectivity index (χ0v) is 15.4. The number of non-ortho nitro benzene ring substituents is 1. The Kier molecular flexibility index (Phi) is 6.14. The van der Waals surface area contributed by atoms with Crippen LogP contribution in [-0.4, -0.2) is 15.8 Å². The molecule has 30 heavy (non-hydrogen) atoms. The Morgan fingerprint density at radius 1 is 0.867 bits per heavy atom. The molecule has 0 fully saturated rings. The molecule has 3 rings (SSSR count). The number of anilines is 1. The fourth-order valence-corrected chi connectivity index (χ4v) is 2.51. The smallest absolute Gasteiger partial charge is 0.296 e. The van der Waals surface area contributed by atoms with E-state index in [1.165, 1.54) is 42.5 Å². The van der Waals surface area contributed by atoms with Gasteiger partial charge in [0.2, 0.25) is 5.91 Å². The molecule has 0 bridgehead atoms. The lowest BCUT2D eigenvalue weighted by Crippen LogP contribution is -2.09. The summed E-state index contributed by atoms with van der Waals surface area (Å²) in [6, 6.07) is 18.4. The van der Waals surface area contributed by atoms with Gasteiger partial charge in [-0.25, -0.2) is 0 Å². The maximum absolute atomic E-state index is 12.1. The van der Waals surface area contributed by atoms with Gasteiger partial charge in [0.1, 0.15) is 17.2 Å². The third-order valence-electron chi connectivity index (χ3n) is 3.93. The van der Waals surface area contributed by atoms with Crippen LogP contribution in [0.25, 0.3) is 6.08 Å². The molecule has 0 atom stereocenters. The lowest BCUT2D eigenvalue weighted by atomic mass is 10.2. The van der Waals surface area contributed by atoms with Crippen molar-refractivity contribution in [1.82, 2.24) is 0 Å². The third-order valence-corrected chi connectivity index (χ3v) is 3.93. The largest absolute Gasteiger partial charge is 0.457 e. The van der Waals surface area contributed by atoms with E-state index in [9.17, 15) is 25.0 Å². The molecule has 9 nitrogen and oxygen atoms in total. The first-order valence-corrected chi connectivity index (χ1v) is 8.67. The van der Waals surface area contributed by atoms with E-state index < -0.39 is 15.8 Å². The van der Waals surface area contributed by atoms with E-state index in [0.717, 1.165) is 11.6 Å². The monoisotopic (exact) mass is 405 g/mol. The average Bonchev–Trinajstić information content (AvgIpc) is 2.74. The predicted octanol–water partition coefficient (Wildman–Crippen LogP) is 4.95. The maximum atomic E-state index is 12.1. The van der Waals surface area contributed by atoms with Crippen molar-refractivity contribution in [2.45, 2.75) is 0 Å². The molecule has 0 spiro atoms. The molecule has 1 N–H and O–H groups in total. The van der Waals surface area contributed by atoms with Gasteiger partial charge in [-0.15, -0.1) is 0 Å². The molecule has 0 saturated carbocycles. The zero-order chi connectivity index (χ0) is 21.5. The Morgan fingerprint density at radius 3 is 2.17 bits per heavy atom. The minimum atomic E-state index is -0.640. The van der Waals surface area contributed by atoms with Crippen LogP contribution in [0.1, 0.15) is 5.56 Å². The van der Waals surface area contributed by atoms with Crippen molar-refractivity contribution >= 4 is 29.0 Å². The highest BCUT2D eigenvalue weighted by Gasteiger charge is 2.17. The Labute approximate surface area is 170 Å². The van der Waals surface area contributed by atoms with Crippen LogP contribution in [0.4, 0.5) is 17.1 Å². The summed E-state index contributed by atoms with van der Waals surface area (Å²) in [4.78, 5) is 33.0. The summed E-state index contributed by atoms with van der Waals surface area (Å²) >= 11 is 0. The van der Waals surface area contributed by atoms with Gasteiger partial charge in [-0.3, -0.25) is 25.0 Å². The Balaban J connectivity index is 1.74. The van der Waals surface area contributed by atoms with Crippen molar-refractivity contribution in [3.8, 4) is 11.5 Å². The molecule has 1 amide bonds. The van der Waals surface area contributed by atoms with E-state index in [2.05, 4.69) is 5.32 Å². The third kappa shape index (κ3) is 5.26. The number of rotatable bonds is 7. The minimum Gasteiger partial charge on any atom is -0.457 e. The van der Waals surface area contributed by atoms with Crippen LogP contribution in [-0.2, 0) is 4.79 Å². The molecule has 0 radical (unpaired) electrons. The fraction of sp³-hybridized carbons (Fsp3) is 0. The molecule has 3 aromatic rings. The van der Waals surface area contributed by atoms with E-state index in [-0.39, 0.29) is 28.6 Å². The van der Waals surface area contributed by atoms with E-state index in [1.54, 1.807) is 6.08 Å². The van der Waals surface area contributed by atoms with E-state index in [1.807, 2.05) is 30.3 Å². The lowest BCUT2D eigenvalue weighted by molar-refractivity contribution is -0.384. The summed E-state index contributed by atoms with van der Waals surface area (Å²) in [5.41, 5.74) is 0.374. The highest BCUT2D eigenvalue weighted by molar-refractivity contribution is 6.03. The van der Waals surface area contributed by atoms with Crippen LogP contribution >= 0.6 is 0 Å². The van der Waals surface area contributed by atoms with Gasteiger partial charge < -0.3 is 10.1 Å². The van der Waals surface area contributed by atoms with Gasteiger partial charge in [-0.2, -0.15) is 0 Å². The maximum Gasteiger partial charge on any atom is 0.296 e. The van der Waals surface area contributed by atoms with Crippen LogP contribution < -0.4 is 10.1 Å². The van der Waals surface area contributed by atoms with Crippen LogP contribution in [0.5, 0.6) is 11.5 Å². The highest BCUT2D eigenvalue weighted by Crippen LogP contribution is 2.32. The van der Waals surface area contributed by atoms with Gasteiger partial charge in [0, 0.05) is 18.2 Å². The molecule has 0 heterocycles. The second-order valence-electron chi connectivity index (χ2n) is 6.02. The molecule has 0 aliphatic rings. The first-order valence-electron chi connectivity index (χ1n) is 8.67. The second kappa shape index (κ2) is 9.11. The summed E-state index contributed by atoms with van der Waals surface area (Å²) in [6.07, 6.45) is 2.87. The Bertz CT molecular complexity index is 1110. The van der Waals surface area contributed by atoms with E-state index in [4.69, 9.17) is 4.74 Å². The number of amides is 1. The molecule has 0 unspecified atom stereocenters. The summed E-state index contributed by atoms with van der Waals surface area (Å²) in [5.74, 6) is -0.100. The summed E-state index contributed by atoms with van der Waals surface area (Å²) in [5, 5.41) is 24.6. The van der Waals surface area contributed by atoms with Gasteiger partial charge in [-0.05, 0) is 35.9 Å². The SMILES string of the molecule is O=C(C=Cc1ccccc1)Nc1ccc(Oc2ccc([N+](=O)[O-])cc2)cc1[N+](=O)[O-]. The average molecular weight is 405 g/mol. The van der Waals surface area contributed by atoms with Gasteiger partial charge in [0.15, 0.2) is 0 Å². The van der Waals surface area contributed by atoms with E-state index in [0.29, 0.717) is 0 Å². The quantitative estimate of drug-likeness (QED) is 0.337. The molecular formula is C21H15N3O6. The minimum absolute atomic E-state index is 0.0127. The van der Waals surface area contributed by atoms with Crippen LogP contribution in [0.15, 0.2) is 78.9 Å². The van der Waals surface area contributed by atoms with Crippen LogP contribution in [0, 0.1) is 20.2 Å². The Morgan fingerprint density at radius 2 is 1.53 bits per heavy atom. The fourth-order valence-electron chi connectivity index (χ4n) is 2.51. The van der Waals surface area contributed by atoms with Gasteiger partial charge in [-0.1, -0.05) is 30.3 Å². The second-order valence-corrected chi connectivity index (χ2v) is 6.02. The molecule has 0 saturated heterocycles. The summed E-state index contributed by atoms with van der Waals surface area (Å²) in [6.45, 7) is 0. The van der Waals surface area contributed by atoms with Crippen molar-refractivity contribution in [2.75, 3.05) is 5.32 Å². The van der Waals surface area contributed by atoms with Crippen LogP contribution in [0.3, 0.4) is 0 Å². The number of nitrogens with zero attached hydrogens (tertiary/aromatic N) is 2. The van der Waals surface area contributed by atoms with Crippen molar-refractivity contribution in [3.05, 3.63) is 105 Å². The molecule has 3 aromatic carbocycles. The molecule has 0 aromatic heterocycles. The Hall–Kier alpha value is -4.53. The number of nitro groups is 2. The van der Waals surface area contributed by atoms with E-state index >= 15 is 0 Å². The molecule has 9 heteroatoms. The normalized spacial score (nSPS) is 10.5. The van der Waals surface area contributed by atoms with Crippen molar-refractivity contribution < 1.29 is 19.4 Å². The number of ether oxygens (including phenoxy) is 1. The number of benzene rings is 3. The van der Waals surface area contributed by atoms with Crippen molar-refractivity contribution in [1.29, 1.82) is 0 Å². The molecule has 0 aliphatic heterocycles. The number of carbonyl (C=O) groups is 1. The standard InChI is InChI=1S/C21H15N3O6/c25-21(13-6-15-4-2-1-3-5-15)22-19-12-11-18(14-20(19)24(28)29)30-17-9-7-16(8-10-17)23(26)27/h1-14H,(H,22,25). The number of hydrogen-bond donors (Lipinski definition) is 1. The number of hydrogen-bond acceptors (Lipinski definition) is 6.